The Labute approximate surface area is 138 Å². The maximum absolute atomic E-state index is 12.5. The second-order valence-corrected chi connectivity index (χ2v) is 6.47. The molecule has 2 fully saturated rings. The highest BCUT2D eigenvalue weighted by Gasteiger charge is 2.24. The van der Waals surface area contributed by atoms with Crippen molar-refractivity contribution in [3.05, 3.63) is 18.0 Å². The second kappa shape index (κ2) is 7.97. The lowest BCUT2D eigenvalue weighted by Gasteiger charge is -2.31. The molecule has 2 aliphatic rings. The van der Waals surface area contributed by atoms with Gasteiger partial charge in [-0.2, -0.15) is 5.10 Å². The van der Waals surface area contributed by atoms with Gasteiger partial charge < -0.3 is 10.6 Å². The molecule has 0 aromatic carbocycles. The molecule has 5 nitrogen and oxygen atoms in total. The summed E-state index contributed by atoms with van der Waals surface area (Å²) >= 11 is 0. The lowest BCUT2D eigenvalue weighted by molar-refractivity contribution is 0.0693. The van der Waals surface area contributed by atoms with Crippen LogP contribution in [0.4, 0.5) is 0 Å². The summed E-state index contributed by atoms with van der Waals surface area (Å²) < 4.78 is 2.01. The number of carbonyl (C=O) groups is 1. The van der Waals surface area contributed by atoms with Crippen LogP contribution in [0.3, 0.4) is 0 Å². The van der Waals surface area contributed by atoms with Crippen LogP contribution in [0.2, 0.25) is 0 Å². The van der Waals surface area contributed by atoms with E-state index in [0.717, 1.165) is 38.0 Å². The van der Waals surface area contributed by atoms with Crippen LogP contribution in [0, 0.1) is 5.92 Å². The molecule has 124 valence electrons. The molecule has 1 saturated heterocycles. The van der Waals surface area contributed by atoms with Crippen LogP contribution in [0.15, 0.2) is 12.4 Å². The van der Waals surface area contributed by atoms with E-state index in [1.807, 2.05) is 15.8 Å². The number of rotatable bonds is 3. The minimum atomic E-state index is 0. The zero-order chi connectivity index (χ0) is 14.7. The van der Waals surface area contributed by atoms with Crippen LogP contribution < -0.4 is 5.73 Å². The molecule has 1 aromatic heterocycles. The standard InChI is InChI=1S/C16H26N4O.ClH/c17-10-13-6-8-19(9-7-13)16(21)14-11-18-20(12-14)15-4-2-1-3-5-15;/h11-13,15H,1-10,17H2;1H. The van der Waals surface area contributed by atoms with Crippen LogP contribution >= 0.6 is 12.4 Å². The average molecular weight is 327 g/mol. The van der Waals surface area contributed by atoms with Crippen molar-refractivity contribution >= 4 is 18.3 Å². The molecule has 6 heteroatoms. The molecular weight excluding hydrogens is 300 g/mol. The predicted molar refractivity (Wildman–Crippen MR) is 89.3 cm³/mol. The molecule has 1 aliphatic heterocycles. The van der Waals surface area contributed by atoms with Gasteiger partial charge in [0.15, 0.2) is 0 Å². The van der Waals surface area contributed by atoms with Gasteiger partial charge in [-0.1, -0.05) is 19.3 Å². The molecule has 2 N–H and O–H groups in total. The summed E-state index contributed by atoms with van der Waals surface area (Å²) in [6.07, 6.45) is 12.0. The van der Waals surface area contributed by atoms with Gasteiger partial charge in [0, 0.05) is 19.3 Å². The van der Waals surface area contributed by atoms with E-state index in [1.54, 1.807) is 6.20 Å². The van der Waals surface area contributed by atoms with E-state index in [1.165, 1.54) is 32.1 Å². The highest BCUT2D eigenvalue weighted by atomic mass is 35.5. The van der Waals surface area contributed by atoms with Crippen molar-refractivity contribution in [2.75, 3.05) is 19.6 Å². The normalized spacial score (nSPS) is 20.7. The number of carbonyl (C=O) groups excluding carboxylic acids is 1. The van der Waals surface area contributed by atoms with Crippen molar-refractivity contribution < 1.29 is 4.79 Å². The van der Waals surface area contributed by atoms with Gasteiger partial charge in [0.05, 0.1) is 17.8 Å². The summed E-state index contributed by atoms with van der Waals surface area (Å²) in [7, 11) is 0. The molecule has 22 heavy (non-hydrogen) atoms. The van der Waals surface area contributed by atoms with Gasteiger partial charge >= 0.3 is 0 Å². The van der Waals surface area contributed by atoms with Crippen molar-refractivity contribution in [2.45, 2.75) is 51.0 Å². The molecular formula is C16H27ClN4O. The Morgan fingerprint density at radius 2 is 1.86 bits per heavy atom. The highest BCUT2D eigenvalue weighted by Crippen LogP contribution is 2.27. The monoisotopic (exact) mass is 326 g/mol. The molecule has 0 spiro atoms. The molecule has 0 bridgehead atoms. The van der Waals surface area contributed by atoms with E-state index in [0.29, 0.717) is 12.0 Å². The van der Waals surface area contributed by atoms with Gasteiger partial charge in [-0.05, 0) is 38.1 Å². The maximum Gasteiger partial charge on any atom is 0.257 e. The number of likely N-dealkylation sites (tertiary alicyclic amines) is 1. The number of nitrogens with zero attached hydrogens (tertiary/aromatic N) is 3. The van der Waals surface area contributed by atoms with Gasteiger partial charge in [-0.3, -0.25) is 9.48 Å². The Bertz CT molecular complexity index is 476. The summed E-state index contributed by atoms with van der Waals surface area (Å²) in [5.41, 5.74) is 6.45. The Hall–Kier alpha value is -1.07. The molecule has 1 aliphatic carbocycles. The van der Waals surface area contributed by atoms with Crippen molar-refractivity contribution in [1.29, 1.82) is 0 Å². The molecule has 1 amide bonds. The first-order valence-electron chi connectivity index (χ1n) is 8.31. The largest absolute Gasteiger partial charge is 0.339 e. The Morgan fingerprint density at radius 1 is 1.18 bits per heavy atom. The zero-order valence-electron chi connectivity index (χ0n) is 13.1. The van der Waals surface area contributed by atoms with E-state index in [4.69, 9.17) is 5.73 Å². The second-order valence-electron chi connectivity index (χ2n) is 6.47. The molecule has 0 atom stereocenters. The molecule has 1 aromatic rings. The smallest absolute Gasteiger partial charge is 0.257 e. The Morgan fingerprint density at radius 3 is 2.50 bits per heavy atom. The first-order valence-corrected chi connectivity index (χ1v) is 8.31. The quantitative estimate of drug-likeness (QED) is 0.928. The van der Waals surface area contributed by atoms with E-state index < -0.39 is 0 Å². The van der Waals surface area contributed by atoms with Crippen molar-refractivity contribution in [3.63, 3.8) is 0 Å². The van der Waals surface area contributed by atoms with Crippen molar-refractivity contribution in [2.24, 2.45) is 11.7 Å². The van der Waals surface area contributed by atoms with Gasteiger partial charge in [0.2, 0.25) is 0 Å². The van der Waals surface area contributed by atoms with Crippen LogP contribution in [0.5, 0.6) is 0 Å². The molecule has 0 radical (unpaired) electrons. The van der Waals surface area contributed by atoms with Gasteiger partial charge in [0.25, 0.3) is 5.91 Å². The number of halogens is 1. The summed E-state index contributed by atoms with van der Waals surface area (Å²) in [6, 6.07) is 0.489. The Kier molecular flexibility index (Phi) is 6.26. The topological polar surface area (TPSA) is 64.2 Å². The number of hydrogen-bond acceptors (Lipinski definition) is 3. The maximum atomic E-state index is 12.5. The molecule has 0 unspecified atom stereocenters. The Balaban J connectivity index is 0.00000176. The number of nitrogens with two attached hydrogens (primary N) is 1. The van der Waals surface area contributed by atoms with Crippen LogP contribution in [0.1, 0.15) is 61.3 Å². The van der Waals surface area contributed by atoms with Crippen LogP contribution in [-0.2, 0) is 0 Å². The minimum absolute atomic E-state index is 0. The van der Waals surface area contributed by atoms with Gasteiger partial charge in [-0.25, -0.2) is 0 Å². The lowest BCUT2D eigenvalue weighted by Crippen LogP contribution is -2.39. The van der Waals surface area contributed by atoms with Crippen molar-refractivity contribution in [3.8, 4) is 0 Å². The molecule has 3 rings (SSSR count). The SMILES string of the molecule is Cl.NCC1CCN(C(=O)c2cnn(C3CCCCC3)c2)CC1. The van der Waals surface area contributed by atoms with Gasteiger partial charge in [0.1, 0.15) is 0 Å². The molecule has 2 heterocycles. The lowest BCUT2D eigenvalue weighted by atomic mass is 9.96. The van der Waals surface area contributed by atoms with E-state index >= 15 is 0 Å². The fourth-order valence-corrected chi connectivity index (χ4v) is 3.55. The third-order valence-electron chi connectivity index (χ3n) is 5.03. The summed E-state index contributed by atoms with van der Waals surface area (Å²) in [6.45, 7) is 2.40. The fraction of sp³-hybridized carbons (Fsp3) is 0.750. The summed E-state index contributed by atoms with van der Waals surface area (Å²) in [4.78, 5) is 14.5. The third-order valence-corrected chi connectivity index (χ3v) is 5.03. The average Bonchev–Trinajstić information content (AvgIpc) is 3.05. The van der Waals surface area contributed by atoms with Crippen molar-refractivity contribution in [1.82, 2.24) is 14.7 Å². The highest BCUT2D eigenvalue weighted by molar-refractivity contribution is 5.93. The van der Waals surface area contributed by atoms with E-state index in [2.05, 4.69) is 5.10 Å². The third kappa shape index (κ3) is 3.82. The number of piperidine rings is 1. The summed E-state index contributed by atoms with van der Waals surface area (Å²) in [5, 5.41) is 4.44. The summed E-state index contributed by atoms with van der Waals surface area (Å²) in [5.74, 6) is 0.714. The number of aromatic nitrogens is 2. The van der Waals surface area contributed by atoms with Crippen LogP contribution in [-0.4, -0.2) is 40.2 Å². The molecule has 1 saturated carbocycles. The number of amides is 1. The zero-order valence-corrected chi connectivity index (χ0v) is 13.9. The fourth-order valence-electron chi connectivity index (χ4n) is 3.55. The van der Waals surface area contributed by atoms with Gasteiger partial charge in [-0.15, -0.1) is 12.4 Å². The van der Waals surface area contributed by atoms with E-state index in [9.17, 15) is 4.79 Å². The van der Waals surface area contributed by atoms with E-state index in [-0.39, 0.29) is 18.3 Å². The predicted octanol–water partition coefficient (Wildman–Crippen LogP) is 2.62. The minimum Gasteiger partial charge on any atom is -0.339 e. The first-order chi connectivity index (χ1) is 10.3. The first kappa shape index (κ1) is 17.3. The number of hydrogen-bond donors (Lipinski definition) is 1. The van der Waals surface area contributed by atoms with Crippen LogP contribution in [0.25, 0.3) is 0 Å².